The summed E-state index contributed by atoms with van der Waals surface area (Å²) in [7, 11) is 1.41. The van der Waals surface area contributed by atoms with Crippen LogP contribution >= 0.6 is 0 Å². The standard InChI is InChI=1S/C6H13FO2/c1-5(9-3)6(2,7)4-8/h5,8H,4H2,1-3H3. The third-order valence-electron chi connectivity index (χ3n) is 1.51. The molecule has 0 radical (unpaired) electrons. The summed E-state index contributed by atoms with van der Waals surface area (Å²) in [6.07, 6.45) is -0.553. The lowest BCUT2D eigenvalue weighted by molar-refractivity contribution is -0.0458. The van der Waals surface area contributed by atoms with Crippen LogP contribution < -0.4 is 0 Å². The number of hydrogen-bond donors (Lipinski definition) is 1. The number of hydrogen-bond acceptors (Lipinski definition) is 2. The molecule has 2 unspecified atom stereocenters. The van der Waals surface area contributed by atoms with Crippen LogP contribution in [0.5, 0.6) is 0 Å². The van der Waals surface area contributed by atoms with Gasteiger partial charge in [0.05, 0.1) is 12.7 Å². The van der Waals surface area contributed by atoms with E-state index in [9.17, 15) is 4.39 Å². The summed E-state index contributed by atoms with van der Waals surface area (Å²) >= 11 is 0. The van der Waals surface area contributed by atoms with Gasteiger partial charge in [-0.2, -0.15) is 0 Å². The summed E-state index contributed by atoms with van der Waals surface area (Å²) in [5.74, 6) is 0. The van der Waals surface area contributed by atoms with Gasteiger partial charge in [-0.3, -0.25) is 0 Å². The third kappa shape index (κ3) is 2.28. The van der Waals surface area contributed by atoms with Crippen LogP contribution in [-0.2, 0) is 4.74 Å². The van der Waals surface area contributed by atoms with Gasteiger partial charge in [0.25, 0.3) is 0 Å². The average molecular weight is 136 g/mol. The van der Waals surface area contributed by atoms with Crippen molar-refractivity contribution in [2.45, 2.75) is 25.6 Å². The predicted molar refractivity (Wildman–Crippen MR) is 33.1 cm³/mol. The highest BCUT2D eigenvalue weighted by Crippen LogP contribution is 2.16. The van der Waals surface area contributed by atoms with Crippen molar-refractivity contribution in [3.63, 3.8) is 0 Å². The summed E-state index contributed by atoms with van der Waals surface area (Å²) in [6, 6.07) is 0. The van der Waals surface area contributed by atoms with Gasteiger partial charge in [-0.15, -0.1) is 0 Å². The second-order valence-corrected chi connectivity index (χ2v) is 2.31. The molecule has 0 saturated carbocycles. The molecule has 0 aliphatic heterocycles. The highest BCUT2D eigenvalue weighted by atomic mass is 19.1. The monoisotopic (exact) mass is 136 g/mol. The van der Waals surface area contributed by atoms with Crippen LogP contribution in [0.4, 0.5) is 4.39 Å². The summed E-state index contributed by atoms with van der Waals surface area (Å²) in [5, 5.41) is 8.44. The fourth-order valence-corrected chi connectivity index (χ4v) is 0.374. The highest BCUT2D eigenvalue weighted by Gasteiger charge is 2.29. The smallest absolute Gasteiger partial charge is 0.156 e. The zero-order valence-corrected chi connectivity index (χ0v) is 6.02. The van der Waals surface area contributed by atoms with Gasteiger partial charge >= 0.3 is 0 Å². The first kappa shape index (κ1) is 8.85. The summed E-state index contributed by atoms with van der Waals surface area (Å²) in [4.78, 5) is 0. The molecule has 0 aromatic heterocycles. The molecular formula is C6H13FO2. The van der Waals surface area contributed by atoms with E-state index < -0.39 is 18.4 Å². The second-order valence-electron chi connectivity index (χ2n) is 2.31. The Labute approximate surface area is 54.6 Å². The van der Waals surface area contributed by atoms with Crippen molar-refractivity contribution >= 4 is 0 Å². The van der Waals surface area contributed by atoms with Crippen LogP contribution in [-0.4, -0.2) is 30.6 Å². The Hall–Kier alpha value is -0.150. The van der Waals surface area contributed by atoms with E-state index in [0.29, 0.717) is 0 Å². The van der Waals surface area contributed by atoms with Gasteiger partial charge in [0.2, 0.25) is 0 Å². The van der Waals surface area contributed by atoms with Crippen LogP contribution in [0, 0.1) is 0 Å². The van der Waals surface area contributed by atoms with Crippen molar-refractivity contribution in [2.75, 3.05) is 13.7 Å². The minimum absolute atomic E-state index is 0.498. The lowest BCUT2D eigenvalue weighted by Gasteiger charge is -2.23. The van der Waals surface area contributed by atoms with E-state index in [-0.39, 0.29) is 0 Å². The Morgan fingerprint density at radius 2 is 2.22 bits per heavy atom. The first-order valence-electron chi connectivity index (χ1n) is 2.87. The van der Waals surface area contributed by atoms with Crippen LogP contribution in [0.1, 0.15) is 13.8 Å². The zero-order chi connectivity index (χ0) is 7.49. The van der Waals surface area contributed by atoms with Gasteiger partial charge in [-0.25, -0.2) is 4.39 Å². The predicted octanol–water partition coefficient (Wildman–Crippen LogP) is 0.742. The maximum Gasteiger partial charge on any atom is 0.156 e. The van der Waals surface area contributed by atoms with E-state index in [1.165, 1.54) is 14.0 Å². The molecule has 1 N–H and O–H groups in total. The number of aliphatic hydroxyl groups is 1. The van der Waals surface area contributed by atoms with Crippen molar-refractivity contribution in [2.24, 2.45) is 0 Å². The molecule has 0 aromatic rings. The maximum absolute atomic E-state index is 12.8. The summed E-state index contributed by atoms with van der Waals surface area (Å²) < 4.78 is 17.5. The second kappa shape index (κ2) is 3.13. The molecule has 0 saturated heterocycles. The van der Waals surface area contributed by atoms with Crippen molar-refractivity contribution < 1.29 is 14.2 Å². The molecule has 0 spiro atoms. The molecule has 9 heavy (non-hydrogen) atoms. The normalized spacial score (nSPS) is 21.0. The minimum atomic E-state index is -1.62. The lowest BCUT2D eigenvalue weighted by Crippen LogP contribution is -2.37. The number of rotatable bonds is 3. The molecule has 0 aromatic carbocycles. The fourth-order valence-electron chi connectivity index (χ4n) is 0.374. The van der Waals surface area contributed by atoms with Gasteiger partial charge in [0.1, 0.15) is 0 Å². The first-order valence-corrected chi connectivity index (χ1v) is 2.87. The number of ether oxygens (including phenoxy) is 1. The van der Waals surface area contributed by atoms with Gasteiger partial charge in [-0.05, 0) is 13.8 Å². The molecule has 0 rings (SSSR count). The maximum atomic E-state index is 12.8. The average Bonchev–Trinajstić information content (AvgIpc) is 1.86. The molecule has 0 fully saturated rings. The van der Waals surface area contributed by atoms with E-state index in [0.717, 1.165) is 0 Å². The SMILES string of the molecule is COC(C)C(C)(F)CO. The molecule has 0 aliphatic rings. The van der Waals surface area contributed by atoms with E-state index in [1.54, 1.807) is 6.92 Å². The van der Waals surface area contributed by atoms with Gasteiger partial charge in [0.15, 0.2) is 5.67 Å². The Bertz CT molecular complexity index is 83.1. The number of halogens is 1. The Kier molecular flexibility index (Phi) is 3.08. The molecule has 2 nitrogen and oxygen atoms in total. The number of alkyl halides is 1. The zero-order valence-electron chi connectivity index (χ0n) is 6.02. The molecule has 56 valence electrons. The summed E-state index contributed by atoms with van der Waals surface area (Å²) in [6.45, 7) is 2.39. The van der Waals surface area contributed by atoms with E-state index in [1.807, 2.05) is 0 Å². The summed E-state index contributed by atoms with van der Waals surface area (Å²) in [5.41, 5.74) is -1.62. The Morgan fingerprint density at radius 3 is 2.33 bits per heavy atom. The lowest BCUT2D eigenvalue weighted by atomic mass is 10.0. The number of aliphatic hydroxyl groups excluding tert-OH is 1. The third-order valence-corrected chi connectivity index (χ3v) is 1.51. The van der Waals surface area contributed by atoms with Crippen LogP contribution in [0.3, 0.4) is 0 Å². The molecule has 0 heterocycles. The molecule has 0 bridgehead atoms. The van der Waals surface area contributed by atoms with Crippen molar-refractivity contribution in [3.8, 4) is 0 Å². The van der Waals surface area contributed by atoms with Crippen LogP contribution in [0.15, 0.2) is 0 Å². The van der Waals surface area contributed by atoms with Crippen LogP contribution in [0.2, 0.25) is 0 Å². The van der Waals surface area contributed by atoms with Crippen molar-refractivity contribution in [1.82, 2.24) is 0 Å². The molecular weight excluding hydrogens is 123 g/mol. The number of methoxy groups -OCH3 is 1. The van der Waals surface area contributed by atoms with Crippen molar-refractivity contribution in [1.29, 1.82) is 0 Å². The minimum Gasteiger partial charge on any atom is -0.393 e. The first-order chi connectivity index (χ1) is 4.04. The van der Waals surface area contributed by atoms with E-state index >= 15 is 0 Å². The molecule has 0 aliphatic carbocycles. The van der Waals surface area contributed by atoms with Crippen LogP contribution in [0.25, 0.3) is 0 Å². The topological polar surface area (TPSA) is 29.5 Å². The van der Waals surface area contributed by atoms with Gasteiger partial charge in [-0.1, -0.05) is 0 Å². The van der Waals surface area contributed by atoms with Crippen molar-refractivity contribution in [3.05, 3.63) is 0 Å². The Balaban J connectivity index is 3.80. The molecule has 0 amide bonds. The van der Waals surface area contributed by atoms with Gasteiger partial charge < -0.3 is 9.84 Å². The molecule has 3 heteroatoms. The Morgan fingerprint density at radius 1 is 1.78 bits per heavy atom. The largest absolute Gasteiger partial charge is 0.393 e. The molecule has 2 atom stereocenters. The quantitative estimate of drug-likeness (QED) is 0.620. The fraction of sp³-hybridized carbons (Fsp3) is 1.00. The van der Waals surface area contributed by atoms with E-state index in [4.69, 9.17) is 5.11 Å². The highest BCUT2D eigenvalue weighted by molar-refractivity contribution is 4.78. The van der Waals surface area contributed by atoms with E-state index in [2.05, 4.69) is 4.74 Å². The van der Waals surface area contributed by atoms with Gasteiger partial charge in [0, 0.05) is 7.11 Å².